The van der Waals surface area contributed by atoms with Crippen LogP contribution in [0.5, 0.6) is 5.75 Å². The average molecular weight is 521 g/mol. The van der Waals surface area contributed by atoms with Crippen LogP contribution in [0, 0.1) is 0 Å². The van der Waals surface area contributed by atoms with Gasteiger partial charge in [-0.3, -0.25) is 9.10 Å². The number of ether oxygens (including phenoxy) is 1. The Morgan fingerprint density at radius 2 is 1.50 bits per heavy atom. The third-order valence-corrected chi connectivity index (χ3v) is 7.29. The number of aryl methyl sites for hydroxylation is 1. The van der Waals surface area contributed by atoms with E-state index in [-0.39, 0.29) is 11.4 Å². The van der Waals surface area contributed by atoms with Crippen molar-refractivity contribution in [3.05, 3.63) is 88.4 Å². The van der Waals surface area contributed by atoms with Crippen molar-refractivity contribution >= 4 is 44.8 Å². The van der Waals surface area contributed by atoms with E-state index in [9.17, 15) is 13.2 Å². The van der Waals surface area contributed by atoms with E-state index >= 15 is 0 Å². The highest BCUT2D eigenvalue weighted by molar-refractivity contribution is 7.92. The molecule has 1 N–H and O–H groups in total. The van der Waals surface area contributed by atoms with Gasteiger partial charge in [-0.15, -0.1) is 0 Å². The Hall–Kier alpha value is -2.74. The summed E-state index contributed by atoms with van der Waals surface area (Å²) < 4.78 is 33.3. The van der Waals surface area contributed by atoms with Crippen molar-refractivity contribution in [2.24, 2.45) is 0 Å². The standard InChI is InChI=1S/C25H26Cl2N2O4S/c1-2-33-23-13-11-22(12-14-23)29(34(31,32)24-15-9-21(27)10-16-24)18-25(30)28-17-3-4-19-5-7-20(26)8-6-19/h5-16H,2-4,17-18H2,1H3,(H,28,30). The van der Waals surface area contributed by atoms with E-state index in [1.807, 2.05) is 31.2 Å². The number of benzene rings is 3. The fraction of sp³-hybridized carbons (Fsp3) is 0.240. The normalized spacial score (nSPS) is 11.1. The summed E-state index contributed by atoms with van der Waals surface area (Å²) in [6.07, 6.45) is 1.48. The summed E-state index contributed by atoms with van der Waals surface area (Å²) in [6, 6.07) is 20.0. The number of nitrogens with zero attached hydrogens (tertiary/aromatic N) is 1. The van der Waals surface area contributed by atoms with Gasteiger partial charge < -0.3 is 10.1 Å². The van der Waals surface area contributed by atoms with E-state index in [0.717, 1.165) is 16.3 Å². The second kappa shape index (κ2) is 12.1. The van der Waals surface area contributed by atoms with Crippen LogP contribution in [0.15, 0.2) is 77.7 Å². The van der Waals surface area contributed by atoms with Crippen LogP contribution in [0.3, 0.4) is 0 Å². The molecule has 3 rings (SSSR count). The van der Waals surface area contributed by atoms with E-state index in [1.54, 1.807) is 24.3 Å². The summed E-state index contributed by atoms with van der Waals surface area (Å²) in [6.45, 7) is 2.41. The Bertz CT molecular complexity index is 1180. The summed E-state index contributed by atoms with van der Waals surface area (Å²) >= 11 is 11.8. The van der Waals surface area contributed by atoms with E-state index in [4.69, 9.17) is 27.9 Å². The first kappa shape index (κ1) is 25.9. The molecule has 0 saturated heterocycles. The van der Waals surface area contributed by atoms with E-state index in [0.29, 0.717) is 41.1 Å². The Balaban J connectivity index is 1.71. The molecule has 0 fully saturated rings. The molecule has 0 aliphatic rings. The van der Waals surface area contributed by atoms with Gasteiger partial charge in [0, 0.05) is 16.6 Å². The maximum absolute atomic E-state index is 13.4. The molecular weight excluding hydrogens is 495 g/mol. The minimum atomic E-state index is -4.01. The van der Waals surface area contributed by atoms with Crippen LogP contribution in [-0.2, 0) is 21.2 Å². The summed E-state index contributed by atoms with van der Waals surface area (Å²) in [5.41, 5.74) is 1.47. The van der Waals surface area contributed by atoms with Gasteiger partial charge in [-0.05, 0) is 86.0 Å². The van der Waals surface area contributed by atoms with E-state index in [1.165, 1.54) is 24.3 Å². The fourth-order valence-electron chi connectivity index (χ4n) is 3.28. The van der Waals surface area contributed by atoms with Crippen LogP contribution in [0.25, 0.3) is 0 Å². The van der Waals surface area contributed by atoms with E-state index in [2.05, 4.69) is 5.32 Å². The van der Waals surface area contributed by atoms with Gasteiger partial charge in [0.25, 0.3) is 10.0 Å². The predicted octanol–water partition coefficient (Wildman–Crippen LogP) is 5.34. The van der Waals surface area contributed by atoms with Gasteiger partial charge in [-0.25, -0.2) is 8.42 Å². The summed E-state index contributed by atoms with van der Waals surface area (Å²) in [5.74, 6) is 0.212. The summed E-state index contributed by atoms with van der Waals surface area (Å²) in [7, 11) is -4.01. The highest BCUT2D eigenvalue weighted by Gasteiger charge is 2.27. The number of rotatable bonds is 11. The SMILES string of the molecule is CCOc1ccc(N(CC(=O)NCCCc2ccc(Cl)cc2)S(=O)(=O)c2ccc(Cl)cc2)cc1. The second-order valence-corrected chi connectivity index (χ2v) is 10.2. The lowest BCUT2D eigenvalue weighted by Gasteiger charge is -2.24. The fourth-order valence-corrected chi connectivity index (χ4v) is 4.95. The molecule has 0 radical (unpaired) electrons. The van der Waals surface area contributed by atoms with Crippen LogP contribution in [0.1, 0.15) is 18.9 Å². The van der Waals surface area contributed by atoms with Crippen LogP contribution < -0.4 is 14.4 Å². The first-order chi connectivity index (χ1) is 16.3. The minimum Gasteiger partial charge on any atom is -0.494 e. The summed E-state index contributed by atoms with van der Waals surface area (Å²) in [5, 5.41) is 3.91. The van der Waals surface area contributed by atoms with Gasteiger partial charge >= 0.3 is 0 Å². The number of sulfonamides is 1. The molecule has 0 aliphatic carbocycles. The van der Waals surface area contributed by atoms with Crippen molar-refractivity contribution in [1.29, 1.82) is 0 Å². The molecule has 0 atom stereocenters. The zero-order valence-corrected chi connectivity index (χ0v) is 21.0. The van der Waals surface area contributed by atoms with Gasteiger partial charge in [0.1, 0.15) is 12.3 Å². The highest BCUT2D eigenvalue weighted by Crippen LogP contribution is 2.26. The molecule has 6 nitrogen and oxygen atoms in total. The molecular formula is C25H26Cl2N2O4S. The van der Waals surface area contributed by atoms with Crippen molar-refractivity contribution in [2.75, 3.05) is 24.0 Å². The van der Waals surface area contributed by atoms with Crippen LogP contribution in [0.4, 0.5) is 5.69 Å². The lowest BCUT2D eigenvalue weighted by atomic mass is 10.1. The number of hydrogen-bond donors (Lipinski definition) is 1. The summed E-state index contributed by atoms with van der Waals surface area (Å²) in [4.78, 5) is 12.7. The van der Waals surface area contributed by atoms with Gasteiger partial charge in [0.05, 0.1) is 17.2 Å². The largest absolute Gasteiger partial charge is 0.494 e. The molecule has 0 aromatic heterocycles. The third-order valence-electron chi connectivity index (χ3n) is 5.00. The van der Waals surface area contributed by atoms with Gasteiger partial charge in [-0.2, -0.15) is 0 Å². The molecule has 0 heterocycles. The third kappa shape index (κ3) is 7.13. The molecule has 0 unspecified atom stereocenters. The van der Waals surface area contributed by atoms with Gasteiger partial charge in [0.2, 0.25) is 5.91 Å². The predicted molar refractivity (Wildman–Crippen MR) is 136 cm³/mol. The Morgan fingerprint density at radius 1 is 0.912 bits per heavy atom. The molecule has 9 heteroatoms. The van der Waals surface area contributed by atoms with Crippen LogP contribution in [0.2, 0.25) is 10.0 Å². The molecule has 0 spiro atoms. The van der Waals surface area contributed by atoms with Crippen molar-refractivity contribution in [1.82, 2.24) is 5.32 Å². The highest BCUT2D eigenvalue weighted by atomic mass is 35.5. The lowest BCUT2D eigenvalue weighted by molar-refractivity contribution is -0.119. The molecule has 0 bridgehead atoms. The molecule has 3 aromatic carbocycles. The number of carbonyl (C=O) groups excluding carboxylic acids is 1. The second-order valence-electron chi connectivity index (χ2n) is 7.47. The van der Waals surface area contributed by atoms with Crippen molar-refractivity contribution in [2.45, 2.75) is 24.7 Å². The topological polar surface area (TPSA) is 75.7 Å². The van der Waals surface area contributed by atoms with Gasteiger partial charge in [-0.1, -0.05) is 35.3 Å². The Kier molecular flexibility index (Phi) is 9.21. The first-order valence-electron chi connectivity index (χ1n) is 10.8. The number of anilines is 1. The van der Waals surface area contributed by atoms with Crippen molar-refractivity contribution in [3.63, 3.8) is 0 Å². The molecule has 180 valence electrons. The first-order valence-corrected chi connectivity index (χ1v) is 13.0. The van der Waals surface area contributed by atoms with Gasteiger partial charge in [0.15, 0.2) is 0 Å². The monoisotopic (exact) mass is 520 g/mol. The number of carbonyl (C=O) groups is 1. The molecule has 1 amide bonds. The quantitative estimate of drug-likeness (QED) is 0.346. The zero-order chi connectivity index (χ0) is 24.6. The Morgan fingerprint density at radius 3 is 2.09 bits per heavy atom. The number of hydrogen-bond acceptors (Lipinski definition) is 4. The maximum atomic E-state index is 13.4. The molecule has 34 heavy (non-hydrogen) atoms. The average Bonchev–Trinajstić information content (AvgIpc) is 2.82. The molecule has 3 aromatic rings. The van der Waals surface area contributed by atoms with Crippen LogP contribution >= 0.6 is 23.2 Å². The smallest absolute Gasteiger partial charge is 0.264 e. The number of nitrogens with one attached hydrogen (secondary N) is 1. The molecule has 0 saturated carbocycles. The Labute approximate surface area is 210 Å². The molecule has 0 aliphatic heterocycles. The zero-order valence-electron chi connectivity index (χ0n) is 18.7. The van der Waals surface area contributed by atoms with Crippen molar-refractivity contribution in [3.8, 4) is 5.75 Å². The van der Waals surface area contributed by atoms with Crippen molar-refractivity contribution < 1.29 is 17.9 Å². The number of halogens is 2. The van der Waals surface area contributed by atoms with E-state index < -0.39 is 15.9 Å². The van der Waals surface area contributed by atoms with Crippen LogP contribution in [-0.4, -0.2) is 34.0 Å². The number of amides is 1. The minimum absolute atomic E-state index is 0.0429. The lowest BCUT2D eigenvalue weighted by Crippen LogP contribution is -2.41. The maximum Gasteiger partial charge on any atom is 0.264 e.